The van der Waals surface area contributed by atoms with Crippen LogP contribution in [0.15, 0.2) is 0 Å². The minimum atomic E-state index is 0.349. The van der Waals surface area contributed by atoms with Crippen LogP contribution >= 0.6 is 0 Å². The molecule has 0 fully saturated rings. The maximum Gasteiger partial charge on any atom is 0.159 e. The van der Waals surface area contributed by atoms with Gasteiger partial charge in [0.25, 0.3) is 0 Å². The van der Waals surface area contributed by atoms with Crippen molar-refractivity contribution in [2.45, 2.75) is 32.5 Å². The zero-order chi connectivity index (χ0) is 9.97. The molecule has 78 valence electrons. The summed E-state index contributed by atoms with van der Waals surface area (Å²) < 4.78 is 7.24. The van der Waals surface area contributed by atoms with Crippen LogP contribution in [0.3, 0.4) is 0 Å². The number of rotatable bonds is 3. The Morgan fingerprint density at radius 2 is 2.43 bits per heavy atom. The Hall–Kier alpha value is -0.940. The average Bonchev–Trinajstić information content (AvgIpc) is 2.62. The van der Waals surface area contributed by atoms with Crippen LogP contribution in [0, 0.1) is 0 Å². The Morgan fingerprint density at radius 1 is 1.57 bits per heavy atom. The molecule has 1 N–H and O–H groups in total. The van der Waals surface area contributed by atoms with E-state index in [1.807, 2.05) is 0 Å². The molecule has 1 aliphatic heterocycles. The fourth-order valence-corrected chi connectivity index (χ4v) is 1.86. The third-order valence-electron chi connectivity index (χ3n) is 2.58. The van der Waals surface area contributed by atoms with Crippen molar-refractivity contribution >= 4 is 0 Å². The van der Waals surface area contributed by atoms with Gasteiger partial charge in [-0.3, -0.25) is 0 Å². The minimum absolute atomic E-state index is 0.349. The van der Waals surface area contributed by atoms with E-state index in [2.05, 4.69) is 27.0 Å². The zero-order valence-electron chi connectivity index (χ0n) is 8.66. The quantitative estimate of drug-likeness (QED) is 0.764. The third-order valence-corrected chi connectivity index (χ3v) is 2.58. The van der Waals surface area contributed by atoms with Crippen LogP contribution in [-0.2, 0) is 17.9 Å². The van der Waals surface area contributed by atoms with E-state index in [9.17, 15) is 0 Å². The molecule has 14 heavy (non-hydrogen) atoms. The molecule has 5 nitrogen and oxygen atoms in total. The lowest BCUT2D eigenvalue weighted by molar-refractivity contribution is 0.172. The van der Waals surface area contributed by atoms with Crippen LogP contribution in [0.2, 0.25) is 0 Å². The number of nitrogens with zero attached hydrogens (tertiary/aromatic N) is 3. The molecule has 0 amide bonds. The molecule has 2 rings (SSSR count). The molecule has 0 saturated carbocycles. The smallest absolute Gasteiger partial charge is 0.159 e. The third kappa shape index (κ3) is 1.53. The summed E-state index contributed by atoms with van der Waals surface area (Å²) in [5, 5.41) is 11.7. The van der Waals surface area contributed by atoms with Crippen LogP contribution in [0.25, 0.3) is 0 Å². The highest BCUT2D eigenvalue weighted by Gasteiger charge is 2.22. The lowest BCUT2D eigenvalue weighted by Crippen LogP contribution is -2.34. The Morgan fingerprint density at radius 3 is 3.14 bits per heavy atom. The summed E-state index contributed by atoms with van der Waals surface area (Å²) >= 11 is 0. The first-order valence-corrected chi connectivity index (χ1v) is 5.01. The van der Waals surface area contributed by atoms with E-state index in [1.165, 1.54) is 0 Å². The second-order valence-corrected chi connectivity index (χ2v) is 3.47. The molecule has 0 saturated heterocycles. The molecule has 0 bridgehead atoms. The van der Waals surface area contributed by atoms with Crippen molar-refractivity contribution in [1.29, 1.82) is 0 Å². The molecule has 0 spiro atoms. The largest absolute Gasteiger partial charge is 0.377 e. The number of nitrogens with one attached hydrogen (secondary N) is 1. The molecule has 1 aliphatic rings. The van der Waals surface area contributed by atoms with E-state index < -0.39 is 0 Å². The van der Waals surface area contributed by atoms with Gasteiger partial charge in [-0.2, -0.15) is 0 Å². The zero-order valence-corrected chi connectivity index (χ0v) is 8.66. The van der Waals surface area contributed by atoms with Gasteiger partial charge in [0.15, 0.2) is 5.82 Å². The highest BCUT2D eigenvalue weighted by Crippen LogP contribution is 2.19. The van der Waals surface area contributed by atoms with Crippen molar-refractivity contribution in [2.75, 3.05) is 13.7 Å². The number of aromatic nitrogens is 3. The Bertz CT molecular complexity index is 310. The Balaban J connectivity index is 2.28. The first-order chi connectivity index (χ1) is 6.86. The van der Waals surface area contributed by atoms with Gasteiger partial charge in [-0.05, 0) is 6.42 Å². The van der Waals surface area contributed by atoms with E-state index in [4.69, 9.17) is 4.74 Å². The van der Waals surface area contributed by atoms with Gasteiger partial charge in [0.2, 0.25) is 0 Å². The molecule has 0 aliphatic carbocycles. The van der Waals surface area contributed by atoms with Crippen LogP contribution in [0.5, 0.6) is 0 Å². The summed E-state index contributed by atoms with van der Waals surface area (Å²) in [6, 6.07) is 0.349. The van der Waals surface area contributed by atoms with Crippen LogP contribution in [-0.4, -0.2) is 28.4 Å². The standard InChI is InChI=1S/C9H16N4O/c1-3-7-9-12-11-8(6-14-2)13(9)5-4-10-7/h7,10H,3-6H2,1-2H3. The molecule has 1 aromatic heterocycles. The average molecular weight is 196 g/mol. The number of fused-ring (bicyclic) bond motifs is 1. The van der Waals surface area contributed by atoms with Crippen molar-refractivity contribution < 1.29 is 4.74 Å². The van der Waals surface area contributed by atoms with E-state index in [-0.39, 0.29) is 0 Å². The van der Waals surface area contributed by atoms with Gasteiger partial charge in [-0.15, -0.1) is 10.2 Å². The molecule has 2 heterocycles. The Labute approximate surface area is 83.5 Å². The second-order valence-electron chi connectivity index (χ2n) is 3.47. The van der Waals surface area contributed by atoms with Crippen molar-refractivity contribution in [3.63, 3.8) is 0 Å². The highest BCUT2D eigenvalue weighted by atomic mass is 16.5. The predicted octanol–water partition coefficient (Wildman–Crippen LogP) is 0.479. The lowest BCUT2D eigenvalue weighted by atomic mass is 10.2. The summed E-state index contributed by atoms with van der Waals surface area (Å²) in [7, 11) is 1.68. The van der Waals surface area contributed by atoms with Crippen LogP contribution in [0.1, 0.15) is 31.0 Å². The fraction of sp³-hybridized carbons (Fsp3) is 0.778. The number of hydrogen-bond acceptors (Lipinski definition) is 4. The number of ether oxygens (including phenoxy) is 1. The molecule has 1 unspecified atom stereocenters. The van der Waals surface area contributed by atoms with Crippen molar-refractivity contribution in [2.24, 2.45) is 0 Å². The molecule has 0 aromatic carbocycles. The lowest BCUT2D eigenvalue weighted by Gasteiger charge is -2.23. The first-order valence-electron chi connectivity index (χ1n) is 5.01. The highest BCUT2D eigenvalue weighted by molar-refractivity contribution is 5.03. The van der Waals surface area contributed by atoms with Crippen LogP contribution in [0.4, 0.5) is 0 Å². The topological polar surface area (TPSA) is 52.0 Å². The summed E-state index contributed by atoms with van der Waals surface area (Å²) in [5.74, 6) is 1.98. The van der Waals surface area contributed by atoms with Crippen molar-refractivity contribution in [3.8, 4) is 0 Å². The van der Waals surface area contributed by atoms with Gasteiger partial charge in [-0.1, -0.05) is 6.92 Å². The Kier molecular flexibility index (Phi) is 2.79. The fourth-order valence-electron chi connectivity index (χ4n) is 1.86. The maximum atomic E-state index is 5.08. The van der Waals surface area contributed by atoms with Crippen LogP contribution < -0.4 is 5.32 Å². The number of hydrogen-bond donors (Lipinski definition) is 1. The molecule has 1 atom stereocenters. The van der Waals surface area contributed by atoms with Gasteiger partial charge in [0.05, 0.1) is 6.04 Å². The molecule has 0 radical (unpaired) electrons. The summed E-state index contributed by atoms with van der Waals surface area (Å²) in [6.07, 6.45) is 1.05. The van der Waals surface area contributed by atoms with Crippen molar-refractivity contribution in [3.05, 3.63) is 11.6 Å². The van der Waals surface area contributed by atoms with Gasteiger partial charge in [0, 0.05) is 20.2 Å². The minimum Gasteiger partial charge on any atom is -0.377 e. The second kappa shape index (κ2) is 4.06. The molecular formula is C9H16N4O. The van der Waals surface area contributed by atoms with Gasteiger partial charge in [0.1, 0.15) is 12.4 Å². The van der Waals surface area contributed by atoms with Crippen molar-refractivity contribution in [1.82, 2.24) is 20.1 Å². The summed E-state index contributed by atoms with van der Waals surface area (Å²) in [4.78, 5) is 0. The predicted molar refractivity (Wildman–Crippen MR) is 51.8 cm³/mol. The monoisotopic (exact) mass is 196 g/mol. The van der Waals surface area contributed by atoms with Gasteiger partial charge < -0.3 is 14.6 Å². The summed E-state index contributed by atoms with van der Waals surface area (Å²) in [6.45, 7) is 4.62. The van der Waals surface area contributed by atoms with E-state index >= 15 is 0 Å². The molecule has 5 heteroatoms. The van der Waals surface area contributed by atoms with E-state index in [0.717, 1.165) is 31.2 Å². The molecule has 1 aromatic rings. The van der Waals surface area contributed by atoms with E-state index in [1.54, 1.807) is 7.11 Å². The van der Waals surface area contributed by atoms with Gasteiger partial charge in [-0.25, -0.2) is 0 Å². The van der Waals surface area contributed by atoms with Gasteiger partial charge >= 0.3 is 0 Å². The SMILES string of the molecule is CCC1NCCn2c(COC)nnc21. The summed E-state index contributed by atoms with van der Waals surface area (Å²) in [5.41, 5.74) is 0. The van der Waals surface area contributed by atoms with E-state index in [0.29, 0.717) is 12.6 Å². The maximum absolute atomic E-state index is 5.08. The number of methoxy groups -OCH3 is 1. The molecular weight excluding hydrogens is 180 g/mol. The first kappa shape index (κ1) is 9.61. The normalized spacial score (nSPS) is 20.9.